The van der Waals surface area contributed by atoms with E-state index in [9.17, 15) is 22.9 Å². The van der Waals surface area contributed by atoms with E-state index in [0.29, 0.717) is 11.3 Å². The number of nitrogens with one attached hydrogen (secondary N) is 3. The predicted octanol–water partition coefficient (Wildman–Crippen LogP) is 6.01. The number of rotatable bonds is 8. The van der Waals surface area contributed by atoms with Crippen molar-refractivity contribution in [2.75, 3.05) is 35.5 Å². The monoisotopic (exact) mass is 591 g/mol. The normalized spacial score (nSPS) is 15.1. The maximum Gasteiger partial charge on any atom is 0.329 e. The highest BCUT2D eigenvalue weighted by Gasteiger charge is 2.30. The summed E-state index contributed by atoms with van der Waals surface area (Å²) in [6.45, 7) is 6.44. The minimum Gasteiger partial charge on any atom is -0.334 e. The quantitative estimate of drug-likeness (QED) is 0.212. The molecule has 0 atom stereocenters. The zero-order valence-electron chi connectivity index (χ0n) is 22.5. The molecule has 2 aromatic carbocycles. The fraction of sp³-hybridized carbons (Fsp3) is 0.385. The van der Waals surface area contributed by atoms with Crippen LogP contribution in [0.1, 0.15) is 45.1 Å². The maximum absolute atomic E-state index is 15.0. The molecule has 0 bridgehead atoms. The van der Waals surface area contributed by atoms with Gasteiger partial charge in [-0.1, -0.05) is 17.7 Å². The van der Waals surface area contributed by atoms with E-state index in [-0.39, 0.29) is 39.9 Å². The van der Waals surface area contributed by atoms with Gasteiger partial charge >= 0.3 is 5.69 Å². The van der Waals surface area contributed by atoms with Crippen LogP contribution in [0.15, 0.2) is 42.6 Å². The van der Waals surface area contributed by atoms with Crippen LogP contribution in [-0.4, -0.2) is 53.1 Å². The van der Waals surface area contributed by atoms with Gasteiger partial charge in [-0.15, -0.1) is 0 Å². The lowest BCUT2D eigenvalue weighted by atomic mass is 9.89. The molecule has 0 radical (unpaired) electrons. The second-order valence-electron chi connectivity index (χ2n) is 10.7. The van der Waals surface area contributed by atoms with Gasteiger partial charge in [-0.2, -0.15) is 4.98 Å². The summed E-state index contributed by atoms with van der Waals surface area (Å²) in [4.78, 5) is 21.5. The predicted molar refractivity (Wildman–Crippen MR) is 155 cm³/mol. The highest BCUT2D eigenvalue weighted by molar-refractivity contribution is 7.94. The first kappa shape index (κ1) is 29.4. The van der Waals surface area contributed by atoms with Crippen LogP contribution in [0.2, 0.25) is 5.02 Å². The molecular weight excluding hydrogens is 561 g/mol. The van der Waals surface area contributed by atoms with Crippen LogP contribution in [0.5, 0.6) is 0 Å². The average Bonchev–Trinajstić information content (AvgIpc) is 2.86. The van der Waals surface area contributed by atoms with Gasteiger partial charge in [0.15, 0.2) is 0 Å². The van der Waals surface area contributed by atoms with Crippen molar-refractivity contribution in [1.82, 2.24) is 14.9 Å². The summed E-state index contributed by atoms with van der Waals surface area (Å²) in [7, 11) is -1.73. The summed E-state index contributed by atoms with van der Waals surface area (Å²) in [5.74, 6) is -0.347. The van der Waals surface area contributed by atoms with E-state index in [1.807, 2.05) is 7.05 Å². The first-order chi connectivity index (χ1) is 18.7. The van der Waals surface area contributed by atoms with Gasteiger partial charge in [0.2, 0.25) is 21.8 Å². The Kier molecular flexibility index (Phi) is 8.47. The molecule has 1 aliphatic rings. The van der Waals surface area contributed by atoms with E-state index in [1.165, 1.54) is 45.0 Å². The van der Waals surface area contributed by atoms with Gasteiger partial charge in [0.25, 0.3) is 0 Å². The van der Waals surface area contributed by atoms with Gasteiger partial charge < -0.3 is 15.5 Å². The minimum atomic E-state index is -3.78. The van der Waals surface area contributed by atoms with Crippen LogP contribution < -0.4 is 15.4 Å². The number of hydrogen-bond acceptors (Lipinski definition) is 9. The van der Waals surface area contributed by atoms with Crippen molar-refractivity contribution in [1.29, 1.82) is 0 Å². The molecule has 3 aromatic rings. The maximum atomic E-state index is 15.0. The molecule has 0 amide bonds. The Hall–Kier alpha value is -3.55. The van der Waals surface area contributed by atoms with Gasteiger partial charge in [0.1, 0.15) is 12.0 Å². The molecule has 40 heavy (non-hydrogen) atoms. The third kappa shape index (κ3) is 6.77. The van der Waals surface area contributed by atoms with Gasteiger partial charge in [-0.25, -0.2) is 17.8 Å². The molecule has 11 nitrogen and oxygen atoms in total. The van der Waals surface area contributed by atoms with Gasteiger partial charge in [0.05, 0.1) is 20.4 Å². The number of nitrogens with zero attached hydrogens (tertiary/aromatic N) is 4. The summed E-state index contributed by atoms with van der Waals surface area (Å²) in [6.07, 6.45) is 2.79. The van der Waals surface area contributed by atoms with Crippen molar-refractivity contribution in [2.24, 2.45) is 0 Å². The molecule has 1 saturated heterocycles. The zero-order valence-corrected chi connectivity index (χ0v) is 24.1. The fourth-order valence-corrected chi connectivity index (χ4v) is 5.15. The number of nitro groups is 1. The van der Waals surface area contributed by atoms with E-state index >= 15 is 0 Å². The summed E-state index contributed by atoms with van der Waals surface area (Å²) >= 11 is 6.20. The topological polar surface area (TPSA) is 142 Å². The SMILES string of the molecule is CN1CCC(c2ccc(Nc3ncc([N+](=O)[O-])c(Nc4ccc(Cl)c(NS(=O)(=O)C(C)(C)C)c4)n3)cc2F)CC1. The van der Waals surface area contributed by atoms with E-state index in [4.69, 9.17) is 11.6 Å². The third-order valence-electron chi connectivity index (χ3n) is 6.66. The van der Waals surface area contributed by atoms with Crippen LogP contribution in [0, 0.1) is 15.9 Å². The highest BCUT2D eigenvalue weighted by Crippen LogP contribution is 2.34. The van der Waals surface area contributed by atoms with Crippen LogP contribution in [0.4, 0.5) is 38.9 Å². The summed E-state index contributed by atoms with van der Waals surface area (Å²) in [5.41, 5.74) is 1.01. The standard InChI is InChI=1S/C26H31ClFN7O4S/c1-26(2,3)40(38,39)33-22-14-18(6-8-20(22)27)30-24-23(35(36)37)15-29-25(32-24)31-17-5-7-19(21(28)13-17)16-9-11-34(4)12-10-16/h5-8,13-16,33H,9-12H2,1-4H3,(H2,29,30,31,32). The van der Waals surface area contributed by atoms with Crippen LogP contribution in [-0.2, 0) is 10.0 Å². The molecule has 2 heterocycles. The number of halogens is 2. The Balaban J connectivity index is 1.57. The van der Waals surface area contributed by atoms with Crippen LogP contribution in [0.3, 0.4) is 0 Å². The zero-order chi connectivity index (χ0) is 29.2. The smallest absolute Gasteiger partial charge is 0.329 e. The Morgan fingerprint density at radius 3 is 2.38 bits per heavy atom. The molecule has 0 unspecified atom stereocenters. The summed E-state index contributed by atoms with van der Waals surface area (Å²) in [5, 5.41) is 17.5. The second kappa shape index (κ2) is 11.5. The molecule has 0 aliphatic carbocycles. The number of sulfonamides is 1. The van der Waals surface area contributed by atoms with Crippen molar-refractivity contribution in [3.05, 3.63) is 69.1 Å². The molecule has 4 rings (SSSR count). The number of piperidine rings is 1. The third-order valence-corrected chi connectivity index (χ3v) is 9.09. The van der Waals surface area contributed by atoms with Crippen molar-refractivity contribution < 1.29 is 17.7 Å². The summed E-state index contributed by atoms with van der Waals surface area (Å²) in [6, 6.07) is 9.20. The molecule has 0 spiro atoms. The van der Waals surface area contributed by atoms with Crippen molar-refractivity contribution in [2.45, 2.75) is 44.3 Å². The molecule has 3 N–H and O–H groups in total. The number of hydrogen-bond donors (Lipinski definition) is 3. The Morgan fingerprint density at radius 1 is 1.10 bits per heavy atom. The molecule has 1 fully saturated rings. The van der Waals surface area contributed by atoms with Crippen molar-refractivity contribution in [3.8, 4) is 0 Å². The number of likely N-dealkylation sites (tertiary alicyclic amines) is 1. The molecule has 214 valence electrons. The molecule has 1 aromatic heterocycles. The van der Waals surface area contributed by atoms with E-state index < -0.39 is 25.4 Å². The molecular formula is C26H31ClFN7O4S. The Morgan fingerprint density at radius 2 is 1.75 bits per heavy atom. The number of benzene rings is 2. The van der Waals surface area contributed by atoms with Crippen LogP contribution in [0.25, 0.3) is 0 Å². The number of aromatic nitrogens is 2. The highest BCUT2D eigenvalue weighted by atomic mass is 35.5. The molecule has 14 heteroatoms. The first-order valence-corrected chi connectivity index (χ1v) is 14.4. The second-order valence-corrected chi connectivity index (χ2v) is 13.5. The fourth-order valence-electron chi connectivity index (χ4n) is 4.16. The first-order valence-electron chi connectivity index (χ1n) is 12.6. The van der Waals surface area contributed by atoms with E-state index in [1.54, 1.807) is 12.1 Å². The Bertz CT molecular complexity index is 1520. The summed E-state index contributed by atoms with van der Waals surface area (Å²) < 4.78 is 41.6. The lowest BCUT2D eigenvalue weighted by molar-refractivity contribution is -0.384. The lowest BCUT2D eigenvalue weighted by Gasteiger charge is -2.29. The van der Waals surface area contributed by atoms with Crippen molar-refractivity contribution >= 4 is 56.1 Å². The van der Waals surface area contributed by atoms with Gasteiger partial charge in [-0.3, -0.25) is 14.8 Å². The van der Waals surface area contributed by atoms with Crippen molar-refractivity contribution in [3.63, 3.8) is 0 Å². The minimum absolute atomic E-state index is 0.00200. The van der Waals surface area contributed by atoms with Gasteiger partial charge in [-0.05, 0) is 95.6 Å². The molecule has 1 aliphatic heterocycles. The molecule has 0 saturated carbocycles. The largest absolute Gasteiger partial charge is 0.334 e. The van der Waals surface area contributed by atoms with Crippen LogP contribution >= 0.6 is 11.6 Å². The van der Waals surface area contributed by atoms with E-state index in [0.717, 1.165) is 32.1 Å². The number of anilines is 5. The van der Waals surface area contributed by atoms with E-state index in [2.05, 4.69) is 30.2 Å². The van der Waals surface area contributed by atoms with Gasteiger partial charge in [0, 0.05) is 11.4 Å². The lowest BCUT2D eigenvalue weighted by Crippen LogP contribution is -2.33. The Labute approximate surface area is 237 Å². The average molecular weight is 592 g/mol.